The highest BCUT2D eigenvalue weighted by Gasteiger charge is 2.33. The molecule has 142 valence electrons. The van der Waals surface area contributed by atoms with Gasteiger partial charge in [-0.15, -0.1) is 4.40 Å². The van der Waals surface area contributed by atoms with E-state index in [9.17, 15) is 12.8 Å². The van der Waals surface area contributed by atoms with E-state index in [0.29, 0.717) is 23.5 Å². The van der Waals surface area contributed by atoms with Crippen LogP contribution in [0.4, 0.5) is 4.39 Å². The van der Waals surface area contributed by atoms with E-state index in [2.05, 4.69) is 9.30 Å². The molecule has 4 rings (SSSR count). The minimum absolute atomic E-state index is 0.168. The van der Waals surface area contributed by atoms with Crippen LogP contribution < -0.4 is 0 Å². The molecule has 5 nitrogen and oxygen atoms in total. The fraction of sp³-hybridized carbons (Fsp3) is 0.350. The van der Waals surface area contributed by atoms with Gasteiger partial charge in [-0.05, 0) is 31.0 Å². The molecule has 0 radical (unpaired) electrons. The van der Waals surface area contributed by atoms with Gasteiger partial charge in [0.15, 0.2) is 5.84 Å². The number of rotatable bonds is 3. The average Bonchev–Trinajstić information content (AvgIpc) is 2.95. The number of likely N-dealkylation sites (tertiary alicyclic amines) is 1. The van der Waals surface area contributed by atoms with Gasteiger partial charge in [-0.25, -0.2) is 4.39 Å². The molecule has 0 saturated carbocycles. The summed E-state index contributed by atoms with van der Waals surface area (Å²) >= 11 is 0. The summed E-state index contributed by atoms with van der Waals surface area (Å²) in [6, 6.07) is 14.0. The zero-order valence-corrected chi connectivity index (χ0v) is 16.0. The lowest BCUT2D eigenvalue weighted by Crippen LogP contribution is -2.45. The fourth-order valence-electron chi connectivity index (χ4n) is 3.85. The van der Waals surface area contributed by atoms with Gasteiger partial charge in [-0.2, -0.15) is 8.42 Å². The van der Waals surface area contributed by atoms with Crippen LogP contribution in [0.25, 0.3) is 0 Å². The van der Waals surface area contributed by atoms with Crippen LogP contribution in [0.3, 0.4) is 0 Å². The van der Waals surface area contributed by atoms with Crippen molar-refractivity contribution in [2.75, 3.05) is 20.1 Å². The molecule has 1 saturated heterocycles. The Bertz CT molecular complexity index is 982. The van der Waals surface area contributed by atoms with E-state index in [0.717, 1.165) is 25.9 Å². The number of fused-ring (bicyclic) bond motifs is 1. The van der Waals surface area contributed by atoms with E-state index in [1.807, 2.05) is 36.2 Å². The summed E-state index contributed by atoms with van der Waals surface area (Å²) in [6.07, 6.45) is 1.76. The largest absolute Gasteiger partial charge is 0.355 e. The second-order valence-corrected chi connectivity index (χ2v) is 8.67. The molecule has 0 bridgehead atoms. The molecule has 2 aromatic rings. The molecule has 2 aromatic carbocycles. The average molecular weight is 387 g/mol. The molecule has 1 fully saturated rings. The van der Waals surface area contributed by atoms with E-state index < -0.39 is 10.0 Å². The lowest BCUT2D eigenvalue weighted by molar-refractivity contribution is 0.158. The van der Waals surface area contributed by atoms with Crippen LogP contribution in [0.15, 0.2) is 57.8 Å². The highest BCUT2D eigenvalue weighted by Crippen LogP contribution is 2.29. The number of sulfonamides is 1. The number of nitrogens with zero attached hydrogens (tertiary/aromatic N) is 3. The number of halogens is 1. The topological polar surface area (TPSA) is 53.0 Å². The SMILES string of the molecule is CN(C1=NS(=O)(=O)c2ccccc21)C1CCN(Cc2ccccc2F)CC1. The fourth-order valence-corrected chi connectivity index (χ4v) is 5.09. The van der Waals surface area contributed by atoms with E-state index in [1.165, 1.54) is 6.07 Å². The Labute approximate surface area is 159 Å². The highest BCUT2D eigenvalue weighted by atomic mass is 32.2. The lowest BCUT2D eigenvalue weighted by Gasteiger charge is -2.37. The Balaban J connectivity index is 1.44. The standard InChI is InChI=1S/C20H22FN3O2S/c1-23(20-17-7-3-5-9-19(17)27(25,26)22-20)16-10-12-24(13-11-16)14-15-6-2-4-8-18(15)21/h2-9,16H,10-14H2,1H3. The van der Waals surface area contributed by atoms with Gasteiger partial charge in [0, 0.05) is 43.9 Å². The lowest BCUT2D eigenvalue weighted by atomic mass is 10.0. The van der Waals surface area contributed by atoms with Crippen molar-refractivity contribution in [1.82, 2.24) is 9.80 Å². The number of hydrogen-bond acceptors (Lipinski definition) is 4. The molecule has 2 aliphatic heterocycles. The van der Waals surface area contributed by atoms with Crippen LogP contribution >= 0.6 is 0 Å². The van der Waals surface area contributed by atoms with Crippen LogP contribution in [0.2, 0.25) is 0 Å². The third kappa shape index (κ3) is 3.49. The minimum atomic E-state index is -3.60. The first-order valence-electron chi connectivity index (χ1n) is 9.09. The Morgan fingerprint density at radius 3 is 2.52 bits per heavy atom. The summed E-state index contributed by atoms with van der Waals surface area (Å²) in [6.45, 7) is 2.28. The van der Waals surface area contributed by atoms with Gasteiger partial charge < -0.3 is 4.90 Å². The molecular weight excluding hydrogens is 365 g/mol. The van der Waals surface area contributed by atoms with Crippen molar-refractivity contribution in [3.8, 4) is 0 Å². The van der Waals surface area contributed by atoms with Crippen molar-refractivity contribution in [3.05, 3.63) is 65.5 Å². The molecule has 0 aliphatic carbocycles. The summed E-state index contributed by atoms with van der Waals surface area (Å²) in [4.78, 5) is 4.51. The predicted octanol–water partition coefficient (Wildman–Crippen LogP) is 2.87. The van der Waals surface area contributed by atoms with Gasteiger partial charge in [0.1, 0.15) is 10.7 Å². The highest BCUT2D eigenvalue weighted by molar-refractivity contribution is 7.90. The molecule has 7 heteroatoms. The summed E-state index contributed by atoms with van der Waals surface area (Å²) in [5, 5.41) is 0. The van der Waals surface area contributed by atoms with Gasteiger partial charge in [0.25, 0.3) is 10.0 Å². The van der Waals surface area contributed by atoms with Crippen LogP contribution in [0, 0.1) is 5.82 Å². The predicted molar refractivity (Wildman–Crippen MR) is 103 cm³/mol. The first-order chi connectivity index (χ1) is 13.0. The van der Waals surface area contributed by atoms with Crippen LogP contribution in [0.1, 0.15) is 24.0 Å². The van der Waals surface area contributed by atoms with E-state index in [4.69, 9.17) is 0 Å². The molecule has 0 atom stereocenters. The van der Waals surface area contributed by atoms with Gasteiger partial charge in [-0.1, -0.05) is 30.3 Å². The molecule has 0 N–H and O–H groups in total. The third-order valence-electron chi connectivity index (χ3n) is 5.40. The van der Waals surface area contributed by atoms with Crippen molar-refractivity contribution in [2.45, 2.75) is 30.3 Å². The maximum Gasteiger partial charge on any atom is 0.285 e. The maximum absolute atomic E-state index is 13.9. The molecule has 0 spiro atoms. The normalized spacial score (nSPS) is 19.6. The molecule has 0 amide bonds. The number of amidine groups is 1. The molecule has 27 heavy (non-hydrogen) atoms. The smallest absolute Gasteiger partial charge is 0.285 e. The van der Waals surface area contributed by atoms with Crippen molar-refractivity contribution in [1.29, 1.82) is 0 Å². The first-order valence-corrected chi connectivity index (χ1v) is 10.5. The zero-order chi connectivity index (χ0) is 19.0. The maximum atomic E-state index is 13.9. The van der Waals surface area contributed by atoms with Gasteiger partial charge in [0.05, 0.1) is 0 Å². The van der Waals surface area contributed by atoms with E-state index in [-0.39, 0.29) is 16.8 Å². The van der Waals surface area contributed by atoms with Crippen molar-refractivity contribution < 1.29 is 12.8 Å². The van der Waals surface area contributed by atoms with Crippen LogP contribution in [0.5, 0.6) is 0 Å². The number of hydrogen-bond donors (Lipinski definition) is 0. The second-order valence-electron chi connectivity index (χ2n) is 7.10. The van der Waals surface area contributed by atoms with Gasteiger partial charge >= 0.3 is 0 Å². The van der Waals surface area contributed by atoms with Gasteiger partial charge in [0.2, 0.25) is 0 Å². The summed E-state index contributed by atoms with van der Waals surface area (Å²) in [5.74, 6) is 0.358. The van der Waals surface area contributed by atoms with Crippen molar-refractivity contribution >= 4 is 15.9 Å². The zero-order valence-electron chi connectivity index (χ0n) is 15.2. The van der Waals surface area contributed by atoms with Crippen LogP contribution in [-0.2, 0) is 16.6 Å². The Kier molecular flexibility index (Phi) is 4.74. The molecule has 0 aromatic heterocycles. The Morgan fingerprint density at radius 2 is 1.78 bits per heavy atom. The molecule has 2 aliphatic rings. The number of benzene rings is 2. The summed E-state index contributed by atoms with van der Waals surface area (Å²) < 4.78 is 42.4. The third-order valence-corrected chi connectivity index (χ3v) is 6.73. The van der Waals surface area contributed by atoms with E-state index in [1.54, 1.807) is 18.2 Å². The van der Waals surface area contributed by atoms with Crippen molar-refractivity contribution in [2.24, 2.45) is 4.40 Å². The molecular formula is C20H22FN3O2S. The molecule has 0 unspecified atom stereocenters. The molecule has 2 heterocycles. The van der Waals surface area contributed by atoms with Gasteiger partial charge in [-0.3, -0.25) is 4.90 Å². The second kappa shape index (κ2) is 7.05. The number of piperidine rings is 1. The minimum Gasteiger partial charge on any atom is -0.355 e. The Morgan fingerprint density at radius 1 is 1.11 bits per heavy atom. The Hall–Kier alpha value is -2.25. The quantitative estimate of drug-likeness (QED) is 0.813. The first kappa shape index (κ1) is 18.1. The summed E-state index contributed by atoms with van der Waals surface area (Å²) in [7, 11) is -1.69. The van der Waals surface area contributed by atoms with E-state index >= 15 is 0 Å². The van der Waals surface area contributed by atoms with Crippen molar-refractivity contribution in [3.63, 3.8) is 0 Å². The summed E-state index contributed by atoms with van der Waals surface area (Å²) in [5.41, 5.74) is 1.39. The van der Waals surface area contributed by atoms with Crippen LogP contribution in [-0.4, -0.2) is 50.2 Å². The monoisotopic (exact) mass is 387 g/mol.